The van der Waals surface area contributed by atoms with Gasteiger partial charge < -0.3 is 0 Å². The van der Waals surface area contributed by atoms with Crippen molar-refractivity contribution in [2.45, 2.75) is 18.7 Å². The van der Waals surface area contributed by atoms with Gasteiger partial charge in [-0.3, -0.25) is 15.4 Å². The van der Waals surface area contributed by atoms with E-state index in [4.69, 9.17) is 0 Å². The van der Waals surface area contributed by atoms with E-state index in [0.717, 1.165) is 5.56 Å². The number of carbonyl (C=O) groups excluding carboxylic acids is 1. The molecule has 10 nitrogen and oxygen atoms in total. The van der Waals surface area contributed by atoms with Crippen LogP contribution in [0.4, 0.5) is 16.3 Å². The summed E-state index contributed by atoms with van der Waals surface area (Å²) in [6.45, 7) is 3.51. The molecule has 2 amide bonds. The zero-order valence-electron chi connectivity index (χ0n) is 15.5. The van der Waals surface area contributed by atoms with Crippen molar-refractivity contribution < 1.29 is 18.1 Å². The molecular formula is C18H17N5O5S. The molecule has 0 aliphatic carbocycles. The highest BCUT2D eigenvalue weighted by Gasteiger charge is 2.19. The number of anilines is 1. The largest absolute Gasteiger partial charge is 0.334 e. The number of nitro groups is 1. The highest BCUT2D eigenvalue weighted by Crippen LogP contribution is 2.20. The molecule has 11 heteroatoms. The van der Waals surface area contributed by atoms with Gasteiger partial charge in [-0.15, -0.1) is 0 Å². The molecule has 0 fully saturated rings. The molecule has 0 unspecified atom stereocenters. The molecule has 3 aromatic rings. The summed E-state index contributed by atoms with van der Waals surface area (Å²) in [5.41, 5.74) is 1.81. The fraction of sp³-hybridized carbons (Fsp3) is 0.111. The van der Waals surface area contributed by atoms with Gasteiger partial charge in [0, 0.05) is 18.2 Å². The fourth-order valence-corrected chi connectivity index (χ4v) is 3.45. The molecule has 0 radical (unpaired) electrons. The summed E-state index contributed by atoms with van der Waals surface area (Å²) in [7, 11) is -4.05. The molecule has 0 atom stereocenters. The molecule has 0 aliphatic heterocycles. The number of aryl methyl sites for hydroxylation is 2. The standard InChI is InChI=1S/C18H17N5O5S/c1-12-3-9-16(10-4-12)29(27,28)21-18(24)19-17-11-13(2)20-22(17)14-5-7-15(8-6-14)23(25)26/h3-11H,1-2H3,(H2,19,21,24). The van der Waals surface area contributed by atoms with Crippen molar-refractivity contribution in [3.63, 3.8) is 0 Å². The van der Waals surface area contributed by atoms with Crippen LogP contribution in [0, 0.1) is 24.0 Å². The first-order valence-electron chi connectivity index (χ1n) is 8.38. The van der Waals surface area contributed by atoms with Gasteiger partial charge in [0.1, 0.15) is 5.82 Å². The number of sulfonamides is 1. The predicted octanol–water partition coefficient (Wildman–Crippen LogP) is 2.91. The average Bonchev–Trinajstić information content (AvgIpc) is 3.01. The smallest absolute Gasteiger partial charge is 0.291 e. The Kier molecular flexibility index (Phi) is 5.33. The third kappa shape index (κ3) is 4.58. The molecule has 0 spiro atoms. The number of hydrogen-bond donors (Lipinski definition) is 2. The Bertz CT molecular complexity index is 1170. The van der Waals surface area contributed by atoms with Crippen LogP contribution < -0.4 is 10.0 Å². The number of urea groups is 1. The van der Waals surface area contributed by atoms with Crippen LogP contribution in [0.3, 0.4) is 0 Å². The van der Waals surface area contributed by atoms with E-state index >= 15 is 0 Å². The zero-order valence-corrected chi connectivity index (χ0v) is 16.3. The molecule has 2 aromatic carbocycles. The number of benzene rings is 2. The summed E-state index contributed by atoms with van der Waals surface area (Å²) in [5, 5.41) is 17.5. The number of non-ortho nitro benzene ring substituents is 1. The van der Waals surface area contributed by atoms with Crippen molar-refractivity contribution in [3.8, 4) is 5.69 Å². The van der Waals surface area contributed by atoms with Crippen LogP contribution in [0.25, 0.3) is 5.69 Å². The highest BCUT2D eigenvalue weighted by molar-refractivity contribution is 7.90. The van der Waals surface area contributed by atoms with Gasteiger partial charge in [0.25, 0.3) is 15.7 Å². The second-order valence-corrected chi connectivity index (χ2v) is 7.91. The van der Waals surface area contributed by atoms with Crippen LogP contribution in [0.5, 0.6) is 0 Å². The highest BCUT2D eigenvalue weighted by atomic mass is 32.2. The van der Waals surface area contributed by atoms with Gasteiger partial charge in [0.15, 0.2) is 0 Å². The summed E-state index contributed by atoms with van der Waals surface area (Å²) < 4.78 is 28.0. The van der Waals surface area contributed by atoms with E-state index in [2.05, 4.69) is 10.4 Å². The van der Waals surface area contributed by atoms with Crippen LogP contribution in [0.2, 0.25) is 0 Å². The number of amides is 2. The second kappa shape index (κ2) is 7.72. The number of aromatic nitrogens is 2. The summed E-state index contributed by atoms with van der Waals surface area (Å²) in [5.74, 6) is 0.202. The predicted molar refractivity (Wildman–Crippen MR) is 105 cm³/mol. The number of nitro benzene ring substituents is 1. The van der Waals surface area contributed by atoms with Crippen molar-refractivity contribution in [3.05, 3.63) is 76.0 Å². The Morgan fingerprint density at radius 3 is 2.28 bits per heavy atom. The van der Waals surface area contributed by atoms with E-state index < -0.39 is 21.0 Å². The van der Waals surface area contributed by atoms with E-state index in [1.54, 1.807) is 25.1 Å². The molecular weight excluding hydrogens is 398 g/mol. The molecule has 1 aromatic heterocycles. The monoisotopic (exact) mass is 415 g/mol. The van der Waals surface area contributed by atoms with Crippen molar-refractivity contribution in [1.82, 2.24) is 14.5 Å². The average molecular weight is 415 g/mol. The lowest BCUT2D eigenvalue weighted by Crippen LogP contribution is -2.34. The topological polar surface area (TPSA) is 136 Å². The first kappa shape index (κ1) is 20.0. The maximum Gasteiger partial charge on any atom is 0.334 e. The summed E-state index contributed by atoms with van der Waals surface area (Å²) >= 11 is 0. The number of nitrogens with one attached hydrogen (secondary N) is 2. The minimum atomic E-state index is -4.05. The van der Waals surface area contributed by atoms with Crippen molar-refractivity contribution in [1.29, 1.82) is 0 Å². The second-order valence-electron chi connectivity index (χ2n) is 6.23. The van der Waals surface area contributed by atoms with Crippen LogP contribution in [-0.2, 0) is 10.0 Å². The van der Waals surface area contributed by atoms with Crippen LogP contribution in [-0.4, -0.2) is 29.2 Å². The third-order valence-electron chi connectivity index (χ3n) is 3.94. The van der Waals surface area contributed by atoms with Crippen molar-refractivity contribution >= 4 is 27.6 Å². The molecule has 3 rings (SSSR count). The number of hydrogen-bond acceptors (Lipinski definition) is 6. The summed E-state index contributed by atoms with van der Waals surface area (Å²) in [4.78, 5) is 22.5. The van der Waals surface area contributed by atoms with Gasteiger partial charge in [-0.2, -0.15) is 5.10 Å². The maximum absolute atomic E-state index is 12.3. The lowest BCUT2D eigenvalue weighted by molar-refractivity contribution is -0.384. The third-order valence-corrected chi connectivity index (χ3v) is 5.28. The molecule has 1 heterocycles. The van der Waals surface area contributed by atoms with Crippen molar-refractivity contribution in [2.24, 2.45) is 0 Å². The minimum Gasteiger partial charge on any atom is -0.291 e. The molecule has 2 N–H and O–H groups in total. The van der Waals surface area contributed by atoms with E-state index in [9.17, 15) is 23.3 Å². The minimum absolute atomic E-state index is 0.0432. The zero-order chi connectivity index (χ0) is 21.2. The van der Waals surface area contributed by atoms with Crippen LogP contribution in [0.1, 0.15) is 11.3 Å². The van der Waals surface area contributed by atoms with Gasteiger partial charge in [-0.25, -0.2) is 22.6 Å². The molecule has 0 saturated carbocycles. The van der Waals surface area contributed by atoms with Crippen LogP contribution in [0.15, 0.2) is 59.5 Å². The Morgan fingerprint density at radius 1 is 1.07 bits per heavy atom. The Labute approximate surface area is 166 Å². The SMILES string of the molecule is Cc1ccc(S(=O)(=O)NC(=O)Nc2cc(C)nn2-c2ccc([N+](=O)[O-])cc2)cc1. The summed E-state index contributed by atoms with van der Waals surface area (Å²) in [6, 6.07) is 12.2. The fourth-order valence-electron chi connectivity index (χ4n) is 2.54. The number of nitrogens with zero attached hydrogens (tertiary/aromatic N) is 3. The van der Waals surface area contributed by atoms with E-state index in [1.165, 1.54) is 41.1 Å². The number of carbonyl (C=O) groups is 1. The van der Waals surface area contributed by atoms with Gasteiger partial charge in [0.05, 0.1) is 21.2 Å². The Hall–Kier alpha value is -3.73. The maximum atomic E-state index is 12.3. The normalized spacial score (nSPS) is 11.1. The van der Waals surface area contributed by atoms with Gasteiger partial charge in [0.2, 0.25) is 0 Å². The molecule has 0 aliphatic rings. The van der Waals surface area contributed by atoms with Crippen LogP contribution >= 0.6 is 0 Å². The Morgan fingerprint density at radius 2 is 1.69 bits per heavy atom. The lowest BCUT2D eigenvalue weighted by Gasteiger charge is -2.11. The molecule has 150 valence electrons. The van der Waals surface area contributed by atoms with E-state index in [1.807, 2.05) is 11.6 Å². The number of rotatable bonds is 5. The quantitative estimate of drug-likeness (QED) is 0.486. The molecule has 0 saturated heterocycles. The van der Waals surface area contributed by atoms with Gasteiger partial charge in [-0.1, -0.05) is 17.7 Å². The molecule has 29 heavy (non-hydrogen) atoms. The lowest BCUT2D eigenvalue weighted by atomic mass is 10.2. The first-order chi connectivity index (χ1) is 13.7. The summed E-state index contributed by atoms with van der Waals surface area (Å²) in [6.07, 6.45) is 0. The van der Waals surface area contributed by atoms with Crippen molar-refractivity contribution in [2.75, 3.05) is 5.32 Å². The molecule has 0 bridgehead atoms. The Balaban J connectivity index is 1.81. The van der Waals surface area contributed by atoms with E-state index in [0.29, 0.717) is 11.4 Å². The first-order valence-corrected chi connectivity index (χ1v) is 9.86. The van der Waals surface area contributed by atoms with Gasteiger partial charge in [-0.05, 0) is 38.1 Å². The van der Waals surface area contributed by atoms with E-state index in [-0.39, 0.29) is 16.4 Å². The van der Waals surface area contributed by atoms with Gasteiger partial charge >= 0.3 is 6.03 Å².